The van der Waals surface area contributed by atoms with Gasteiger partial charge in [-0.3, -0.25) is 14.5 Å². The van der Waals surface area contributed by atoms with E-state index >= 15 is 0 Å². The van der Waals surface area contributed by atoms with Crippen molar-refractivity contribution in [2.24, 2.45) is 0 Å². The number of benzene rings is 2. The maximum Gasteiger partial charge on any atom is 0.416 e. The van der Waals surface area contributed by atoms with Gasteiger partial charge in [-0.1, -0.05) is 12.1 Å². The molecule has 2 aromatic rings. The Morgan fingerprint density at radius 2 is 1.97 bits per heavy atom. The predicted octanol–water partition coefficient (Wildman–Crippen LogP) is 4.42. The Kier molecular flexibility index (Phi) is 6.61. The van der Waals surface area contributed by atoms with Crippen LogP contribution >= 0.6 is 11.8 Å². The molecule has 1 saturated heterocycles. The zero-order valence-corrected chi connectivity index (χ0v) is 19.6. The minimum Gasteiger partial charge on any atom is -0.379 e. The third kappa shape index (κ3) is 5.24. The number of thioether (sulfide) groups is 1. The summed E-state index contributed by atoms with van der Waals surface area (Å²) in [4.78, 5) is 28.1. The Balaban J connectivity index is 1.29. The normalized spacial score (nSPS) is 21.7. The molecular weight excluding hydrogens is 479 g/mol. The average Bonchev–Trinajstić information content (AvgIpc) is 2.83. The number of allylic oxidation sites excluding steroid dienone is 1. The molecule has 3 heterocycles. The first-order chi connectivity index (χ1) is 16.8. The summed E-state index contributed by atoms with van der Waals surface area (Å²) in [5.74, 6) is 0.161. The maximum atomic E-state index is 13.0. The van der Waals surface area contributed by atoms with Crippen LogP contribution in [0.3, 0.4) is 0 Å². The number of nitrogens with one attached hydrogen (secondary N) is 2. The van der Waals surface area contributed by atoms with E-state index in [1.165, 1.54) is 23.9 Å². The van der Waals surface area contributed by atoms with Gasteiger partial charge in [0.15, 0.2) is 0 Å². The number of amides is 2. The Bertz CT molecular complexity index is 1190. The highest BCUT2D eigenvalue weighted by Gasteiger charge is 2.33. The monoisotopic (exact) mass is 503 g/mol. The molecule has 10 heteroatoms. The van der Waals surface area contributed by atoms with Crippen LogP contribution < -0.4 is 10.6 Å². The van der Waals surface area contributed by atoms with Gasteiger partial charge >= 0.3 is 6.18 Å². The average molecular weight is 504 g/mol. The van der Waals surface area contributed by atoms with Crippen LogP contribution in [0, 0.1) is 0 Å². The van der Waals surface area contributed by atoms with Crippen LogP contribution in [-0.4, -0.2) is 54.8 Å². The summed E-state index contributed by atoms with van der Waals surface area (Å²) in [7, 11) is 0. The first kappa shape index (κ1) is 23.9. The van der Waals surface area contributed by atoms with Crippen LogP contribution in [-0.2, 0) is 26.9 Å². The number of fused-ring (bicyclic) bond motifs is 2. The van der Waals surface area contributed by atoms with E-state index in [0.717, 1.165) is 30.8 Å². The molecule has 3 aliphatic rings. The van der Waals surface area contributed by atoms with E-state index in [9.17, 15) is 22.8 Å². The molecule has 184 valence electrons. The van der Waals surface area contributed by atoms with Gasteiger partial charge in [0.25, 0.3) is 0 Å². The molecule has 35 heavy (non-hydrogen) atoms. The zero-order valence-electron chi connectivity index (χ0n) is 18.8. The second kappa shape index (κ2) is 9.67. The van der Waals surface area contributed by atoms with E-state index in [2.05, 4.69) is 15.5 Å². The molecule has 0 aliphatic carbocycles. The minimum atomic E-state index is -4.40. The summed E-state index contributed by atoms with van der Waals surface area (Å²) in [5.41, 5.74) is 2.86. The van der Waals surface area contributed by atoms with Gasteiger partial charge in [-0.25, -0.2) is 0 Å². The lowest BCUT2D eigenvalue weighted by Crippen LogP contribution is -2.52. The summed E-state index contributed by atoms with van der Waals surface area (Å²) in [6.07, 6.45) is -1.79. The van der Waals surface area contributed by atoms with Crippen molar-refractivity contribution >= 4 is 40.5 Å². The van der Waals surface area contributed by atoms with Crippen molar-refractivity contribution in [2.45, 2.75) is 30.0 Å². The number of carbonyl (C=O) groups excluding carboxylic acids is 2. The highest BCUT2D eigenvalue weighted by Crippen LogP contribution is 2.40. The van der Waals surface area contributed by atoms with Gasteiger partial charge in [-0.2, -0.15) is 13.2 Å². The molecule has 6 nitrogen and oxygen atoms in total. The van der Waals surface area contributed by atoms with Crippen molar-refractivity contribution in [3.8, 4) is 0 Å². The quantitative estimate of drug-likeness (QED) is 0.607. The molecule has 2 amide bonds. The van der Waals surface area contributed by atoms with Crippen molar-refractivity contribution in [3.63, 3.8) is 0 Å². The van der Waals surface area contributed by atoms with Crippen molar-refractivity contribution in [2.75, 3.05) is 42.7 Å². The van der Waals surface area contributed by atoms with Crippen LogP contribution in [0.5, 0.6) is 0 Å². The standard InChI is InChI=1S/C25H24F3N3O3S/c26-25(27,28)17-2-4-19-15(5-10-35-22(19)13-17)12-23(32)29-18-3-1-16-11-21(24(33)30-20(16)14-18)31-6-8-34-9-7-31/h1-4,12-14,21H,5-11H2,(H,29,32)(H,30,33)/b15-12+. The van der Waals surface area contributed by atoms with Crippen LogP contribution in [0.2, 0.25) is 0 Å². The Morgan fingerprint density at radius 1 is 1.17 bits per heavy atom. The van der Waals surface area contributed by atoms with E-state index in [-0.39, 0.29) is 17.9 Å². The molecule has 1 atom stereocenters. The molecular formula is C25H24F3N3O3S. The largest absolute Gasteiger partial charge is 0.416 e. The number of hydrogen-bond donors (Lipinski definition) is 2. The molecule has 2 aromatic carbocycles. The van der Waals surface area contributed by atoms with Crippen LogP contribution in [0.15, 0.2) is 47.4 Å². The molecule has 1 unspecified atom stereocenters. The van der Waals surface area contributed by atoms with Crippen molar-refractivity contribution < 1.29 is 27.5 Å². The lowest BCUT2D eigenvalue weighted by atomic mass is 9.97. The Hall–Kier alpha value is -2.82. The number of rotatable bonds is 3. The van der Waals surface area contributed by atoms with Gasteiger partial charge in [-0.15, -0.1) is 11.8 Å². The molecule has 1 fully saturated rings. The number of anilines is 2. The lowest BCUT2D eigenvalue weighted by molar-refractivity contribution is -0.137. The summed E-state index contributed by atoms with van der Waals surface area (Å²) in [6.45, 7) is 2.66. The zero-order chi connectivity index (χ0) is 24.6. The number of nitrogens with zero attached hydrogens (tertiary/aromatic N) is 1. The van der Waals surface area contributed by atoms with Gasteiger partial charge in [0.05, 0.1) is 24.8 Å². The first-order valence-electron chi connectivity index (χ1n) is 11.4. The smallest absolute Gasteiger partial charge is 0.379 e. The molecule has 0 bridgehead atoms. The van der Waals surface area contributed by atoms with Gasteiger partial charge in [0.1, 0.15) is 0 Å². The van der Waals surface area contributed by atoms with Crippen molar-refractivity contribution in [1.29, 1.82) is 0 Å². The fourth-order valence-corrected chi connectivity index (χ4v) is 5.73. The second-order valence-corrected chi connectivity index (χ2v) is 9.83. The topological polar surface area (TPSA) is 70.7 Å². The van der Waals surface area contributed by atoms with Crippen LogP contribution in [0.4, 0.5) is 24.5 Å². The fourth-order valence-electron chi connectivity index (χ4n) is 4.63. The maximum absolute atomic E-state index is 13.0. The highest BCUT2D eigenvalue weighted by atomic mass is 32.2. The highest BCUT2D eigenvalue weighted by molar-refractivity contribution is 7.99. The molecule has 0 spiro atoms. The number of carbonyl (C=O) groups is 2. The van der Waals surface area contributed by atoms with Gasteiger partial charge in [0.2, 0.25) is 11.8 Å². The molecule has 0 radical (unpaired) electrons. The molecule has 5 rings (SSSR count). The van der Waals surface area contributed by atoms with Crippen molar-refractivity contribution in [1.82, 2.24) is 4.90 Å². The first-order valence-corrected chi connectivity index (χ1v) is 12.4. The summed E-state index contributed by atoms with van der Waals surface area (Å²) in [6, 6.07) is 8.81. The predicted molar refractivity (Wildman–Crippen MR) is 128 cm³/mol. The molecule has 0 aromatic heterocycles. The van der Waals surface area contributed by atoms with E-state index in [0.29, 0.717) is 59.2 Å². The number of hydrogen-bond acceptors (Lipinski definition) is 5. The van der Waals surface area contributed by atoms with Crippen LogP contribution in [0.1, 0.15) is 23.1 Å². The number of halogens is 3. The molecule has 2 N–H and O–H groups in total. The number of ether oxygens (including phenoxy) is 1. The lowest BCUT2D eigenvalue weighted by Gasteiger charge is -2.36. The Morgan fingerprint density at radius 3 is 2.74 bits per heavy atom. The van der Waals surface area contributed by atoms with Gasteiger partial charge in [-0.05, 0) is 53.8 Å². The minimum absolute atomic E-state index is 0.0699. The second-order valence-electron chi connectivity index (χ2n) is 8.70. The van der Waals surface area contributed by atoms with E-state index < -0.39 is 11.7 Å². The van der Waals surface area contributed by atoms with E-state index in [1.807, 2.05) is 6.07 Å². The number of morpholine rings is 1. The number of alkyl halides is 3. The Labute approximate surface area is 204 Å². The van der Waals surface area contributed by atoms with Crippen LogP contribution in [0.25, 0.3) is 5.57 Å². The van der Waals surface area contributed by atoms with E-state index in [4.69, 9.17) is 4.74 Å². The summed E-state index contributed by atoms with van der Waals surface area (Å²) >= 11 is 1.36. The third-order valence-corrected chi connectivity index (χ3v) is 7.48. The summed E-state index contributed by atoms with van der Waals surface area (Å²) < 4.78 is 44.5. The van der Waals surface area contributed by atoms with Gasteiger partial charge in [0, 0.05) is 41.2 Å². The fraction of sp³-hybridized carbons (Fsp3) is 0.360. The SMILES string of the molecule is O=C(/C=C1\CCSc2cc(C(F)(F)F)ccc21)Nc1ccc2c(c1)NC(=O)C(N1CCOCC1)C2. The third-order valence-electron chi connectivity index (χ3n) is 6.43. The van der Waals surface area contributed by atoms with E-state index in [1.54, 1.807) is 12.1 Å². The molecule has 3 aliphatic heterocycles. The van der Waals surface area contributed by atoms with Gasteiger partial charge < -0.3 is 15.4 Å². The molecule has 0 saturated carbocycles. The summed E-state index contributed by atoms with van der Waals surface area (Å²) in [5, 5.41) is 5.76. The van der Waals surface area contributed by atoms with Crippen molar-refractivity contribution in [3.05, 3.63) is 59.2 Å².